The second-order valence-corrected chi connectivity index (χ2v) is 5.84. The summed E-state index contributed by atoms with van der Waals surface area (Å²) in [4.78, 5) is 0. The van der Waals surface area contributed by atoms with Crippen LogP contribution in [0.15, 0.2) is 24.3 Å². The van der Waals surface area contributed by atoms with Crippen molar-refractivity contribution in [1.82, 2.24) is 5.32 Å². The minimum atomic E-state index is 0.0220. The summed E-state index contributed by atoms with van der Waals surface area (Å²) in [7, 11) is 0. The Hall–Kier alpha value is -0.900. The molecule has 3 rings (SSSR count). The summed E-state index contributed by atoms with van der Waals surface area (Å²) in [5.74, 6) is 0. The smallest absolute Gasteiger partial charge is 0.0952 e. The molecule has 2 aliphatic heterocycles. The first-order chi connectivity index (χ1) is 9.27. The highest BCUT2D eigenvalue weighted by Crippen LogP contribution is 2.27. The van der Waals surface area contributed by atoms with Gasteiger partial charge in [-0.1, -0.05) is 24.3 Å². The second-order valence-electron chi connectivity index (χ2n) is 5.84. The van der Waals surface area contributed by atoms with Crippen molar-refractivity contribution in [3.05, 3.63) is 35.4 Å². The van der Waals surface area contributed by atoms with Gasteiger partial charge in [-0.3, -0.25) is 0 Å². The van der Waals surface area contributed by atoms with Gasteiger partial charge in [-0.15, -0.1) is 0 Å². The maximum absolute atomic E-state index is 5.90. The highest BCUT2D eigenvalue weighted by atomic mass is 16.5. The summed E-state index contributed by atoms with van der Waals surface area (Å²) in [6.45, 7) is 5.71. The van der Waals surface area contributed by atoms with E-state index in [1.54, 1.807) is 0 Å². The molecule has 1 N–H and O–H groups in total. The summed E-state index contributed by atoms with van der Waals surface area (Å²) in [6, 6.07) is 8.62. The molecule has 1 saturated heterocycles. The van der Waals surface area contributed by atoms with Crippen molar-refractivity contribution in [2.24, 2.45) is 0 Å². The minimum Gasteiger partial charge on any atom is -0.374 e. The van der Waals surface area contributed by atoms with E-state index in [0.717, 1.165) is 39.1 Å². The fraction of sp³-hybridized carbons (Fsp3) is 0.625. The molecule has 0 spiro atoms. The second kappa shape index (κ2) is 5.61. The monoisotopic (exact) mass is 261 g/mol. The first-order valence-corrected chi connectivity index (χ1v) is 7.31. The summed E-state index contributed by atoms with van der Waals surface area (Å²) in [5, 5.41) is 3.53. The standard InChI is InChI=1S/C16H23NO2/c1-16(8-4-9-19-16)12-17-11-15-14-6-3-2-5-13(14)7-10-18-15/h2-3,5-6,15,17H,4,7-12H2,1H3. The molecule has 1 aromatic carbocycles. The van der Waals surface area contributed by atoms with E-state index in [9.17, 15) is 0 Å². The van der Waals surface area contributed by atoms with Crippen molar-refractivity contribution in [2.75, 3.05) is 26.3 Å². The lowest BCUT2D eigenvalue weighted by molar-refractivity contribution is 0.00992. The lowest BCUT2D eigenvalue weighted by Crippen LogP contribution is -2.39. The molecule has 1 aromatic rings. The van der Waals surface area contributed by atoms with Gasteiger partial charge in [-0.2, -0.15) is 0 Å². The van der Waals surface area contributed by atoms with Gasteiger partial charge in [0.1, 0.15) is 0 Å². The van der Waals surface area contributed by atoms with Gasteiger partial charge in [0.15, 0.2) is 0 Å². The van der Waals surface area contributed by atoms with Crippen molar-refractivity contribution >= 4 is 0 Å². The van der Waals surface area contributed by atoms with Crippen LogP contribution in [0.5, 0.6) is 0 Å². The van der Waals surface area contributed by atoms with Gasteiger partial charge in [0.05, 0.1) is 18.3 Å². The molecule has 2 heterocycles. The predicted molar refractivity (Wildman–Crippen MR) is 75.3 cm³/mol. The van der Waals surface area contributed by atoms with E-state index in [1.807, 2.05) is 0 Å². The summed E-state index contributed by atoms with van der Waals surface area (Å²) < 4.78 is 11.7. The normalized spacial score (nSPS) is 30.3. The summed E-state index contributed by atoms with van der Waals surface area (Å²) in [5.41, 5.74) is 2.80. The van der Waals surface area contributed by atoms with E-state index in [0.29, 0.717) is 0 Å². The SMILES string of the molecule is CC1(CNCC2OCCc3ccccc32)CCCO1. The maximum atomic E-state index is 5.90. The molecule has 1 fully saturated rings. The Morgan fingerprint density at radius 1 is 1.32 bits per heavy atom. The van der Waals surface area contributed by atoms with Crippen molar-refractivity contribution in [2.45, 2.75) is 37.9 Å². The van der Waals surface area contributed by atoms with Gasteiger partial charge in [-0.25, -0.2) is 0 Å². The number of ether oxygens (including phenoxy) is 2. The maximum Gasteiger partial charge on any atom is 0.0952 e. The predicted octanol–water partition coefficient (Wildman–Crippen LogP) is 2.46. The number of benzene rings is 1. The Morgan fingerprint density at radius 3 is 3.05 bits per heavy atom. The van der Waals surface area contributed by atoms with E-state index in [-0.39, 0.29) is 11.7 Å². The van der Waals surface area contributed by atoms with E-state index in [4.69, 9.17) is 9.47 Å². The Kier molecular flexibility index (Phi) is 3.87. The van der Waals surface area contributed by atoms with Crippen LogP contribution in [0.25, 0.3) is 0 Å². The lowest BCUT2D eigenvalue weighted by atomic mass is 9.97. The van der Waals surface area contributed by atoms with Crippen molar-refractivity contribution in [3.63, 3.8) is 0 Å². The number of fused-ring (bicyclic) bond motifs is 1. The van der Waals surface area contributed by atoms with Crippen LogP contribution in [0, 0.1) is 0 Å². The number of nitrogens with one attached hydrogen (secondary N) is 1. The van der Waals surface area contributed by atoms with E-state index < -0.39 is 0 Å². The molecule has 2 atom stereocenters. The first kappa shape index (κ1) is 13.1. The van der Waals surface area contributed by atoms with Crippen LogP contribution in [0.1, 0.15) is 37.0 Å². The molecule has 19 heavy (non-hydrogen) atoms. The summed E-state index contributed by atoms with van der Waals surface area (Å²) in [6.07, 6.45) is 3.56. The Morgan fingerprint density at radius 2 is 2.21 bits per heavy atom. The molecule has 0 amide bonds. The number of hydrogen-bond donors (Lipinski definition) is 1. The molecule has 2 aliphatic rings. The highest BCUT2D eigenvalue weighted by molar-refractivity contribution is 5.31. The van der Waals surface area contributed by atoms with Gasteiger partial charge in [0.2, 0.25) is 0 Å². The van der Waals surface area contributed by atoms with Gasteiger partial charge < -0.3 is 14.8 Å². The van der Waals surface area contributed by atoms with Crippen LogP contribution in [0.4, 0.5) is 0 Å². The number of hydrogen-bond acceptors (Lipinski definition) is 3. The Bertz CT molecular complexity index is 427. The van der Waals surface area contributed by atoms with Crippen LogP contribution >= 0.6 is 0 Å². The summed E-state index contributed by atoms with van der Waals surface area (Å²) >= 11 is 0. The molecule has 0 bridgehead atoms. The zero-order valence-corrected chi connectivity index (χ0v) is 11.7. The van der Waals surface area contributed by atoms with Crippen LogP contribution in [0.2, 0.25) is 0 Å². The third-order valence-corrected chi connectivity index (χ3v) is 4.22. The van der Waals surface area contributed by atoms with Gasteiger partial charge in [0.25, 0.3) is 0 Å². The van der Waals surface area contributed by atoms with Crippen molar-refractivity contribution in [3.8, 4) is 0 Å². The third-order valence-electron chi connectivity index (χ3n) is 4.22. The van der Waals surface area contributed by atoms with Crippen LogP contribution in [0.3, 0.4) is 0 Å². The van der Waals surface area contributed by atoms with Gasteiger partial charge in [0, 0.05) is 19.7 Å². The minimum absolute atomic E-state index is 0.0220. The quantitative estimate of drug-likeness (QED) is 0.903. The fourth-order valence-corrected chi connectivity index (χ4v) is 3.09. The molecule has 2 unspecified atom stereocenters. The molecule has 0 radical (unpaired) electrons. The zero-order chi connectivity index (χ0) is 13.1. The van der Waals surface area contributed by atoms with E-state index >= 15 is 0 Å². The number of rotatable bonds is 4. The molecule has 104 valence electrons. The highest BCUT2D eigenvalue weighted by Gasteiger charge is 2.29. The molecule has 3 nitrogen and oxygen atoms in total. The van der Waals surface area contributed by atoms with Crippen LogP contribution in [-0.2, 0) is 15.9 Å². The average molecular weight is 261 g/mol. The van der Waals surface area contributed by atoms with Crippen LogP contribution in [-0.4, -0.2) is 31.9 Å². The largest absolute Gasteiger partial charge is 0.374 e. The molecule has 0 saturated carbocycles. The molecule has 0 aliphatic carbocycles. The molecule has 3 heteroatoms. The van der Waals surface area contributed by atoms with Crippen LogP contribution < -0.4 is 5.32 Å². The zero-order valence-electron chi connectivity index (χ0n) is 11.7. The Labute approximate surface area is 115 Å². The fourth-order valence-electron chi connectivity index (χ4n) is 3.09. The first-order valence-electron chi connectivity index (χ1n) is 7.31. The Balaban J connectivity index is 1.56. The molecular formula is C16H23NO2. The topological polar surface area (TPSA) is 30.5 Å². The van der Waals surface area contributed by atoms with Gasteiger partial charge in [-0.05, 0) is 37.3 Å². The lowest BCUT2D eigenvalue weighted by Gasteiger charge is -2.29. The van der Waals surface area contributed by atoms with Crippen molar-refractivity contribution < 1.29 is 9.47 Å². The third kappa shape index (κ3) is 2.99. The molecule has 0 aromatic heterocycles. The molecular weight excluding hydrogens is 238 g/mol. The average Bonchev–Trinajstić information content (AvgIpc) is 2.86. The van der Waals surface area contributed by atoms with Gasteiger partial charge >= 0.3 is 0 Å². The van der Waals surface area contributed by atoms with E-state index in [2.05, 4.69) is 36.5 Å². The van der Waals surface area contributed by atoms with Crippen molar-refractivity contribution in [1.29, 1.82) is 0 Å². The van der Waals surface area contributed by atoms with E-state index in [1.165, 1.54) is 17.5 Å².